The van der Waals surface area contributed by atoms with E-state index in [1.54, 1.807) is 6.92 Å². The minimum Gasteiger partial charge on any atom is -0.393 e. The highest BCUT2D eigenvalue weighted by atomic mass is 16.3. The molecule has 0 heterocycles. The fourth-order valence-corrected chi connectivity index (χ4v) is 7.35. The summed E-state index contributed by atoms with van der Waals surface area (Å²) < 4.78 is 0. The molecule has 4 aliphatic carbocycles. The van der Waals surface area contributed by atoms with E-state index in [1.165, 1.54) is 5.57 Å². The van der Waals surface area contributed by atoms with Crippen LogP contribution in [0, 0.1) is 34.5 Å². The Hall–Kier alpha value is -0.960. The normalized spacial score (nSPS) is 50.6. The van der Waals surface area contributed by atoms with Gasteiger partial charge in [0.2, 0.25) is 0 Å². The summed E-state index contributed by atoms with van der Waals surface area (Å²) in [5.74, 6) is 1.99. The van der Waals surface area contributed by atoms with Crippen LogP contribution in [0.4, 0.5) is 0 Å². The molecule has 3 saturated carbocycles. The van der Waals surface area contributed by atoms with Gasteiger partial charge in [0, 0.05) is 12.3 Å². The van der Waals surface area contributed by atoms with Crippen LogP contribution in [0.2, 0.25) is 0 Å². The predicted molar refractivity (Wildman–Crippen MR) is 92.3 cm³/mol. The lowest BCUT2D eigenvalue weighted by Crippen LogP contribution is -2.56. The Bertz CT molecular complexity index is 621. The Morgan fingerprint density at radius 3 is 2.67 bits per heavy atom. The number of aliphatic hydroxyl groups excluding tert-OH is 1. The van der Waals surface area contributed by atoms with Gasteiger partial charge in [-0.05, 0) is 80.1 Å². The van der Waals surface area contributed by atoms with E-state index in [0.29, 0.717) is 24.0 Å². The minimum atomic E-state index is -0.349. The number of aliphatic hydroxyl groups is 1. The lowest BCUT2D eigenvalue weighted by atomic mass is 9.46. The lowest BCUT2D eigenvalue weighted by molar-refractivity contribution is -0.143. The standard InChI is InChI=1S/C21H30O3/c1-12(22)16-6-7-17-15-5-4-13-10-14(23)8-9-20(13,2)19(15)18(24)11-21(16,17)3/h10,15-19,24H,4-9,11H2,1-3H3/t15-,16-,17-,18+,19+,20-,21-/m1/s1. The van der Waals surface area contributed by atoms with Gasteiger partial charge in [-0.15, -0.1) is 0 Å². The maximum absolute atomic E-state index is 12.2. The monoisotopic (exact) mass is 330 g/mol. The van der Waals surface area contributed by atoms with Gasteiger partial charge in [-0.1, -0.05) is 19.4 Å². The highest BCUT2D eigenvalue weighted by molar-refractivity contribution is 5.91. The van der Waals surface area contributed by atoms with Gasteiger partial charge < -0.3 is 5.11 Å². The second kappa shape index (κ2) is 5.27. The zero-order valence-corrected chi connectivity index (χ0v) is 15.2. The summed E-state index contributed by atoms with van der Waals surface area (Å²) in [6.45, 7) is 6.27. The summed E-state index contributed by atoms with van der Waals surface area (Å²) in [7, 11) is 0. The van der Waals surface area contributed by atoms with Gasteiger partial charge in [-0.25, -0.2) is 0 Å². The number of hydrogen-bond donors (Lipinski definition) is 1. The van der Waals surface area contributed by atoms with Crippen molar-refractivity contribution in [1.82, 2.24) is 0 Å². The summed E-state index contributed by atoms with van der Waals surface area (Å²) in [6, 6.07) is 0. The van der Waals surface area contributed by atoms with E-state index in [2.05, 4.69) is 13.8 Å². The second-order valence-electron chi connectivity index (χ2n) is 9.41. The molecule has 0 saturated heterocycles. The molecule has 0 spiro atoms. The first-order chi connectivity index (χ1) is 11.3. The van der Waals surface area contributed by atoms with Crippen LogP contribution in [0.5, 0.6) is 0 Å². The molecule has 0 radical (unpaired) electrons. The largest absolute Gasteiger partial charge is 0.393 e. The summed E-state index contributed by atoms with van der Waals surface area (Å²) in [6.07, 6.45) is 7.97. The molecule has 0 aromatic rings. The molecule has 7 atom stereocenters. The van der Waals surface area contributed by atoms with E-state index >= 15 is 0 Å². The van der Waals surface area contributed by atoms with Crippen molar-refractivity contribution in [1.29, 1.82) is 0 Å². The molecule has 4 rings (SSSR count). The summed E-state index contributed by atoms with van der Waals surface area (Å²) in [5.41, 5.74) is 1.23. The average Bonchev–Trinajstić information content (AvgIpc) is 2.84. The van der Waals surface area contributed by atoms with Gasteiger partial charge in [0.05, 0.1) is 6.10 Å². The number of carbonyl (C=O) groups excluding carboxylic acids is 2. The maximum atomic E-state index is 12.2. The van der Waals surface area contributed by atoms with Crippen LogP contribution in [0.3, 0.4) is 0 Å². The quantitative estimate of drug-likeness (QED) is 0.797. The van der Waals surface area contributed by atoms with Crippen LogP contribution in [0.25, 0.3) is 0 Å². The number of carbonyl (C=O) groups is 2. The van der Waals surface area contributed by atoms with Crippen LogP contribution >= 0.6 is 0 Å². The van der Waals surface area contributed by atoms with Gasteiger partial charge in [0.1, 0.15) is 5.78 Å². The number of allylic oxidation sites excluding steroid dienone is 1. The SMILES string of the molecule is CC(=O)[C@H]1CC[C@@H]2[C@H]3CCC4=CC(=O)CC[C@@]4(C)[C@@H]3[C@@H](O)C[C@]12C. The number of fused-ring (bicyclic) bond motifs is 5. The first-order valence-electron chi connectivity index (χ1n) is 9.70. The molecule has 0 aromatic heterocycles. The molecule has 0 aromatic carbocycles. The molecule has 0 bridgehead atoms. The van der Waals surface area contributed by atoms with Crippen molar-refractivity contribution >= 4 is 11.6 Å². The van der Waals surface area contributed by atoms with Crippen LogP contribution in [0.1, 0.15) is 65.7 Å². The van der Waals surface area contributed by atoms with Crippen LogP contribution in [-0.4, -0.2) is 22.8 Å². The molecular weight excluding hydrogens is 300 g/mol. The molecule has 0 aliphatic heterocycles. The van der Waals surface area contributed by atoms with Crippen molar-refractivity contribution in [3.05, 3.63) is 11.6 Å². The Morgan fingerprint density at radius 1 is 1.21 bits per heavy atom. The number of hydrogen-bond acceptors (Lipinski definition) is 3. The molecular formula is C21H30O3. The van der Waals surface area contributed by atoms with Gasteiger partial charge >= 0.3 is 0 Å². The van der Waals surface area contributed by atoms with Gasteiger partial charge in [0.15, 0.2) is 5.78 Å². The van der Waals surface area contributed by atoms with Crippen molar-refractivity contribution < 1.29 is 14.7 Å². The van der Waals surface area contributed by atoms with E-state index in [9.17, 15) is 14.7 Å². The fourth-order valence-electron chi connectivity index (χ4n) is 7.35. The molecule has 4 aliphatic rings. The number of ketones is 2. The van der Waals surface area contributed by atoms with Gasteiger partial charge in [-0.2, -0.15) is 0 Å². The summed E-state index contributed by atoms with van der Waals surface area (Å²) in [5, 5.41) is 11.2. The highest BCUT2D eigenvalue weighted by Gasteiger charge is 2.62. The molecule has 3 nitrogen and oxygen atoms in total. The molecule has 3 fully saturated rings. The molecule has 1 N–H and O–H groups in total. The zero-order chi connectivity index (χ0) is 17.3. The van der Waals surface area contributed by atoms with E-state index in [-0.39, 0.29) is 34.6 Å². The third-order valence-electron chi connectivity index (χ3n) is 8.38. The highest BCUT2D eigenvalue weighted by Crippen LogP contribution is 2.66. The molecule has 132 valence electrons. The van der Waals surface area contributed by atoms with Crippen molar-refractivity contribution in [3.8, 4) is 0 Å². The molecule has 3 heteroatoms. The van der Waals surface area contributed by atoms with Crippen LogP contribution in [-0.2, 0) is 9.59 Å². The van der Waals surface area contributed by atoms with E-state index in [1.807, 2.05) is 6.08 Å². The second-order valence-corrected chi connectivity index (χ2v) is 9.41. The van der Waals surface area contributed by atoms with E-state index in [0.717, 1.165) is 38.5 Å². The zero-order valence-electron chi connectivity index (χ0n) is 15.2. The Balaban J connectivity index is 1.72. The molecule has 0 amide bonds. The summed E-state index contributed by atoms with van der Waals surface area (Å²) in [4.78, 5) is 24.0. The first kappa shape index (κ1) is 16.5. The van der Waals surface area contributed by atoms with E-state index in [4.69, 9.17) is 0 Å². The average molecular weight is 330 g/mol. The topological polar surface area (TPSA) is 54.4 Å². The Morgan fingerprint density at radius 2 is 1.96 bits per heavy atom. The smallest absolute Gasteiger partial charge is 0.155 e. The predicted octanol–water partition coefficient (Wildman–Crippen LogP) is 3.69. The molecule has 24 heavy (non-hydrogen) atoms. The fraction of sp³-hybridized carbons (Fsp3) is 0.810. The van der Waals surface area contributed by atoms with Crippen molar-refractivity contribution in [2.24, 2.45) is 34.5 Å². The van der Waals surface area contributed by atoms with Crippen LogP contribution in [0.15, 0.2) is 11.6 Å². The Kier molecular flexibility index (Phi) is 3.62. The van der Waals surface area contributed by atoms with Crippen molar-refractivity contribution in [3.63, 3.8) is 0 Å². The third-order valence-corrected chi connectivity index (χ3v) is 8.38. The van der Waals surface area contributed by atoms with Gasteiger partial charge in [-0.3, -0.25) is 9.59 Å². The number of rotatable bonds is 1. The van der Waals surface area contributed by atoms with E-state index < -0.39 is 0 Å². The summed E-state index contributed by atoms with van der Waals surface area (Å²) >= 11 is 0. The number of Topliss-reactive ketones (excluding diaryl/α,β-unsaturated/α-hetero) is 1. The van der Waals surface area contributed by atoms with Gasteiger partial charge in [0.25, 0.3) is 0 Å². The van der Waals surface area contributed by atoms with Crippen LogP contribution < -0.4 is 0 Å². The minimum absolute atomic E-state index is 0.0219. The third kappa shape index (κ3) is 2.06. The first-order valence-corrected chi connectivity index (χ1v) is 9.70. The molecule has 0 unspecified atom stereocenters. The maximum Gasteiger partial charge on any atom is 0.155 e. The van der Waals surface area contributed by atoms with Crippen molar-refractivity contribution in [2.45, 2.75) is 71.8 Å². The Labute approximate surface area is 144 Å². The van der Waals surface area contributed by atoms with Crippen molar-refractivity contribution in [2.75, 3.05) is 0 Å². The lowest BCUT2D eigenvalue weighted by Gasteiger charge is -2.59.